The van der Waals surface area contributed by atoms with Crippen LogP contribution in [-0.2, 0) is 4.74 Å². The van der Waals surface area contributed by atoms with Crippen molar-refractivity contribution >= 4 is 0 Å². The summed E-state index contributed by atoms with van der Waals surface area (Å²) in [5.74, 6) is 3.11. The lowest BCUT2D eigenvalue weighted by molar-refractivity contribution is 0.152. The number of hydrogen-bond acceptors (Lipinski definition) is 3. The molecule has 0 spiro atoms. The topological polar surface area (TPSA) is 33.3 Å². The predicted octanol–water partition coefficient (Wildman–Crippen LogP) is 4.84. The van der Waals surface area contributed by atoms with E-state index in [0.717, 1.165) is 12.2 Å². The smallest absolute Gasteiger partial charge is 0.138 e. The van der Waals surface area contributed by atoms with Crippen LogP contribution in [0.25, 0.3) is 0 Å². The normalized spacial score (nSPS) is 30.7. The molecule has 1 heterocycles. The van der Waals surface area contributed by atoms with Crippen molar-refractivity contribution in [3.63, 3.8) is 0 Å². The Morgan fingerprint density at radius 1 is 1.42 bits per heavy atom. The number of piperidine rings is 1. The number of allylic oxidation sites excluding steroid dienone is 3. The van der Waals surface area contributed by atoms with E-state index in [0.29, 0.717) is 30.4 Å². The SMILES string of the molecule is C=CC(C)C1(C)C[C@@H]([C@@H](C)C(C)C)C(=C(\C)OCNC)/C(=C/C)N1. The second-order valence-corrected chi connectivity index (χ2v) is 7.80. The highest BCUT2D eigenvalue weighted by Gasteiger charge is 2.42. The summed E-state index contributed by atoms with van der Waals surface area (Å²) < 4.78 is 5.95. The minimum absolute atomic E-state index is 0.0181. The molecule has 0 saturated carbocycles. The van der Waals surface area contributed by atoms with Gasteiger partial charge >= 0.3 is 0 Å². The molecule has 1 saturated heterocycles. The minimum atomic E-state index is 0.0181. The summed E-state index contributed by atoms with van der Waals surface area (Å²) in [6.45, 7) is 20.3. The van der Waals surface area contributed by atoms with Crippen LogP contribution in [0.15, 0.2) is 35.8 Å². The van der Waals surface area contributed by atoms with E-state index in [4.69, 9.17) is 4.74 Å². The Morgan fingerprint density at radius 3 is 2.50 bits per heavy atom. The molecule has 3 nitrogen and oxygen atoms in total. The van der Waals surface area contributed by atoms with E-state index in [1.54, 1.807) is 0 Å². The van der Waals surface area contributed by atoms with E-state index in [9.17, 15) is 0 Å². The number of hydrogen-bond donors (Lipinski definition) is 2. The highest BCUT2D eigenvalue weighted by atomic mass is 16.5. The third-order valence-electron chi connectivity index (χ3n) is 5.87. The molecule has 1 fully saturated rings. The summed E-state index contributed by atoms with van der Waals surface area (Å²) in [5, 5.41) is 6.86. The fourth-order valence-electron chi connectivity index (χ4n) is 3.59. The Labute approximate surface area is 149 Å². The number of ether oxygens (including phenoxy) is 1. The molecule has 1 aliphatic rings. The fourth-order valence-corrected chi connectivity index (χ4v) is 3.59. The van der Waals surface area contributed by atoms with Gasteiger partial charge in [0.1, 0.15) is 12.5 Å². The van der Waals surface area contributed by atoms with Crippen LogP contribution in [0, 0.1) is 23.7 Å². The third kappa shape index (κ3) is 4.44. The highest BCUT2D eigenvalue weighted by Crippen LogP contribution is 2.44. The van der Waals surface area contributed by atoms with Crippen LogP contribution in [0.5, 0.6) is 0 Å². The van der Waals surface area contributed by atoms with E-state index in [2.05, 4.69) is 77.8 Å². The van der Waals surface area contributed by atoms with Gasteiger partial charge in [0.15, 0.2) is 0 Å². The average Bonchev–Trinajstić information content (AvgIpc) is 2.56. The van der Waals surface area contributed by atoms with Gasteiger partial charge in [-0.2, -0.15) is 0 Å². The maximum absolute atomic E-state index is 5.95. The zero-order valence-corrected chi connectivity index (χ0v) is 17.0. The van der Waals surface area contributed by atoms with Gasteiger partial charge in [-0.15, -0.1) is 6.58 Å². The van der Waals surface area contributed by atoms with Crippen LogP contribution < -0.4 is 10.6 Å². The molecule has 1 aliphatic heterocycles. The zero-order chi connectivity index (χ0) is 18.5. The van der Waals surface area contributed by atoms with Gasteiger partial charge in [0.05, 0.1) is 0 Å². The van der Waals surface area contributed by atoms with Gasteiger partial charge in [-0.25, -0.2) is 0 Å². The van der Waals surface area contributed by atoms with Gasteiger partial charge in [-0.05, 0) is 57.9 Å². The van der Waals surface area contributed by atoms with Crippen LogP contribution in [0.1, 0.15) is 54.9 Å². The largest absolute Gasteiger partial charge is 0.483 e. The Morgan fingerprint density at radius 2 is 2.04 bits per heavy atom. The molecule has 0 aromatic carbocycles. The molecule has 0 radical (unpaired) electrons. The maximum atomic E-state index is 5.95. The second kappa shape index (κ2) is 8.75. The van der Waals surface area contributed by atoms with Gasteiger partial charge in [0.25, 0.3) is 0 Å². The number of nitrogens with one attached hydrogen (secondary N) is 2. The first-order chi connectivity index (χ1) is 11.2. The number of rotatable bonds is 7. The van der Waals surface area contributed by atoms with E-state index in [-0.39, 0.29) is 5.54 Å². The lowest BCUT2D eigenvalue weighted by Crippen LogP contribution is -2.53. The van der Waals surface area contributed by atoms with Crippen LogP contribution in [-0.4, -0.2) is 19.3 Å². The molecule has 1 rings (SSSR count). The van der Waals surface area contributed by atoms with Crippen molar-refractivity contribution in [2.75, 3.05) is 13.8 Å². The molecular formula is C21H38N2O. The van der Waals surface area contributed by atoms with E-state index < -0.39 is 0 Å². The fraction of sp³-hybridized carbons (Fsp3) is 0.714. The first-order valence-corrected chi connectivity index (χ1v) is 9.27. The Bertz CT molecular complexity index is 492. The van der Waals surface area contributed by atoms with Crippen LogP contribution in [0.4, 0.5) is 0 Å². The molecule has 138 valence electrons. The van der Waals surface area contributed by atoms with Gasteiger partial charge < -0.3 is 10.1 Å². The van der Waals surface area contributed by atoms with Crippen molar-refractivity contribution in [1.82, 2.24) is 10.6 Å². The van der Waals surface area contributed by atoms with Crippen LogP contribution >= 0.6 is 0 Å². The summed E-state index contributed by atoms with van der Waals surface area (Å²) in [7, 11) is 1.91. The molecule has 0 aromatic rings. The Balaban J connectivity index is 3.37. The molecular weight excluding hydrogens is 296 g/mol. The first kappa shape index (κ1) is 20.8. The van der Waals surface area contributed by atoms with E-state index >= 15 is 0 Å². The molecule has 0 aromatic heterocycles. The van der Waals surface area contributed by atoms with Crippen molar-refractivity contribution < 1.29 is 4.74 Å². The van der Waals surface area contributed by atoms with E-state index in [1.165, 1.54) is 11.3 Å². The standard InChI is InChI=1S/C21H38N2O/c1-10-15(5)21(8)12-18(16(6)14(3)4)20(19(11-2)23-21)17(7)24-13-22-9/h10-11,14-16,18,22-23H,1,12-13H2,2-9H3/b19-11-,20-17-/t15?,16-,18-,21?/m0/s1. The molecule has 3 heteroatoms. The Hall–Kier alpha value is -1.22. The molecule has 0 amide bonds. The minimum Gasteiger partial charge on any atom is -0.483 e. The lowest BCUT2D eigenvalue weighted by Gasteiger charge is -2.48. The Kier molecular flexibility index (Phi) is 7.59. The van der Waals surface area contributed by atoms with Gasteiger partial charge in [-0.1, -0.05) is 39.8 Å². The molecule has 4 atom stereocenters. The van der Waals surface area contributed by atoms with Crippen molar-refractivity contribution in [3.8, 4) is 0 Å². The summed E-state index contributed by atoms with van der Waals surface area (Å²) in [4.78, 5) is 0. The summed E-state index contributed by atoms with van der Waals surface area (Å²) >= 11 is 0. The van der Waals surface area contributed by atoms with Crippen LogP contribution in [0.3, 0.4) is 0 Å². The first-order valence-electron chi connectivity index (χ1n) is 9.27. The van der Waals surface area contributed by atoms with Crippen molar-refractivity contribution in [2.24, 2.45) is 23.7 Å². The van der Waals surface area contributed by atoms with Gasteiger partial charge in [-0.3, -0.25) is 5.32 Å². The van der Waals surface area contributed by atoms with Crippen molar-refractivity contribution in [1.29, 1.82) is 0 Å². The predicted molar refractivity (Wildman–Crippen MR) is 104 cm³/mol. The summed E-state index contributed by atoms with van der Waals surface area (Å²) in [5.41, 5.74) is 2.57. The average molecular weight is 335 g/mol. The molecule has 0 bridgehead atoms. The maximum Gasteiger partial charge on any atom is 0.138 e. The molecule has 2 N–H and O–H groups in total. The third-order valence-corrected chi connectivity index (χ3v) is 5.87. The second-order valence-electron chi connectivity index (χ2n) is 7.80. The van der Waals surface area contributed by atoms with Crippen LogP contribution in [0.2, 0.25) is 0 Å². The van der Waals surface area contributed by atoms with E-state index in [1.807, 2.05) is 7.05 Å². The lowest BCUT2D eigenvalue weighted by atomic mass is 9.66. The monoisotopic (exact) mass is 334 g/mol. The molecule has 24 heavy (non-hydrogen) atoms. The quantitative estimate of drug-likeness (QED) is 0.397. The van der Waals surface area contributed by atoms with Gasteiger partial charge in [0, 0.05) is 16.8 Å². The molecule has 0 aliphatic carbocycles. The van der Waals surface area contributed by atoms with Gasteiger partial charge in [0.2, 0.25) is 0 Å². The summed E-state index contributed by atoms with van der Waals surface area (Å²) in [6.07, 6.45) is 5.34. The zero-order valence-electron chi connectivity index (χ0n) is 17.0. The van der Waals surface area contributed by atoms with Crippen molar-refractivity contribution in [2.45, 2.75) is 60.4 Å². The summed E-state index contributed by atoms with van der Waals surface area (Å²) in [6, 6.07) is 0. The van der Waals surface area contributed by atoms with Crippen molar-refractivity contribution in [3.05, 3.63) is 35.8 Å². The highest BCUT2D eigenvalue weighted by molar-refractivity contribution is 5.39. The molecule has 2 unspecified atom stereocenters.